The molecule has 10 atom stereocenters. The van der Waals surface area contributed by atoms with Crippen molar-refractivity contribution >= 4 is 41.4 Å². The van der Waals surface area contributed by atoms with Gasteiger partial charge in [-0.25, -0.2) is 0 Å². The van der Waals surface area contributed by atoms with Crippen LogP contribution in [0.15, 0.2) is 115 Å². The van der Waals surface area contributed by atoms with Crippen LogP contribution in [0.1, 0.15) is 139 Å². The fraction of sp³-hybridized carbons (Fsp3) is 0.475. The highest BCUT2D eigenvalue weighted by Crippen LogP contribution is 2.43. The zero-order valence-corrected chi connectivity index (χ0v) is 41.7. The molecule has 0 aromatic heterocycles. The molecule has 0 radical (unpaired) electrons. The van der Waals surface area contributed by atoms with E-state index in [0.717, 1.165) is 93.7 Å². The molecule has 5 aliphatic rings. The summed E-state index contributed by atoms with van der Waals surface area (Å²) in [4.78, 5) is 98.0. The van der Waals surface area contributed by atoms with E-state index in [-0.39, 0.29) is 104 Å². The highest BCUT2D eigenvalue weighted by Gasteiger charge is 2.50. The van der Waals surface area contributed by atoms with Gasteiger partial charge in [0.25, 0.3) is 11.8 Å². The predicted octanol–water partition coefficient (Wildman–Crippen LogP) is 7.18. The van der Waals surface area contributed by atoms with Crippen molar-refractivity contribution in [3.63, 3.8) is 0 Å². The van der Waals surface area contributed by atoms with Crippen molar-refractivity contribution in [3.8, 4) is 0 Å². The molecule has 4 aromatic rings. The fourth-order valence-corrected chi connectivity index (χ4v) is 11.2. The Hall–Kier alpha value is -6.83. The van der Waals surface area contributed by atoms with Crippen LogP contribution < -0.4 is 21.3 Å². The maximum absolute atomic E-state index is 14.2. The molecule has 73 heavy (non-hydrogen) atoms. The van der Waals surface area contributed by atoms with E-state index in [4.69, 9.17) is 5.11 Å². The summed E-state index contributed by atoms with van der Waals surface area (Å²) in [5, 5.41) is 21.4. The molecule has 4 aromatic carbocycles. The zero-order valence-electron chi connectivity index (χ0n) is 41.7. The van der Waals surface area contributed by atoms with Gasteiger partial charge in [0.15, 0.2) is 0 Å². The zero-order chi connectivity index (χ0) is 50.8. The smallest absolute Gasteiger partial charge is 0.303 e. The number of nitrogens with zero attached hydrogens (tertiary/aromatic N) is 2. The van der Waals surface area contributed by atoms with Crippen LogP contribution in [0.5, 0.6) is 0 Å². The molecule has 14 nitrogen and oxygen atoms in total. The van der Waals surface area contributed by atoms with Crippen LogP contribution in [0.4, 0.5) is 0 Å². The molecule has 0 bridgehead atoms. The van der Waals surface area contributed by atoms with Crippen LogP contribution >= 0.6 is 0 Å². The summed E-state index contributed by atoms with van der Waals surface area (Å²) in [6.45, 7) is 0.766. The molecule has 9 rings (SSSR count). The van der Waals surface area contributed by atoms with Gasteiger partial charge in [-0.15, -0.1) is 0 Å². The molecular formula is C59H70N6O8. The number of carboxylic acids is 1. The number of rotatable bonds is 24. The summed E-state index contributed by atoms with van der Waals surface area (Å²) < 4.78 is 0. The average molecular weight is 991 g/mol. The summed E-state index contributed by atoms with van der Waals surface area (Å²) in [5.41, 5.74) is 4.10. The first kappa shape index (κ1) is 51.1. The first-order valence-electron chi connectivity index (χ1n) is 26.8. The molecule has 5 N–H and O–H groups in total. The largest absolute Gasteiger partial charge is 0.481 e. The van der Waals surface area contributed by atoms with Crippen molar-refractivity contribution in [1.82, 2.24) is 31.1 Å². The molecule has 14 heteroatoms. The van der Waals surface area contributed by atoms with Crippen LogP contribution in [0.3, 0.4) is 0 Å². The van der Waals surface area contributed by atoms with Gasteiger partial charge in [0.05, 0.1) is 23.7 Å². The lowest BCUT2D eigenvalue weighted by Crippen LogP contribution is -2.43. The molecule has 4 unspecified atom stereocenters. The number of hydrogen-bond donors (Lipinski definition) is 5. The van der Waals surface area contributed by atoms with Crippen LogP contribution in [0.2, 0.25) is 0 Å². The lowest BCUT2D eigenvalue weighted by Gasteiger charge is -2.18. The Balaban J connectivity index is 0.805. The van der Waals surface area contributed by atoms with E-state index in [1.165, 1.54) is 0 Å². The third-order valence-electron chi connectivity index (χ3n) is 15.8. The number of unbranched alkanes of at least 4 members (excludes halogenated alkanes) is 8. The monoisotopic (exact) mass is 991 g/mol. The average Bonchev–Trinajstić information content (AvgIpc) is 4.38. The molecule has 5 fully saturated rings. The molecule has 2 heterocycles. The third-order valence-corrected chi connectivity index (χ3v) is 15.8. The van der Waals surface area contributed by atoms with E-state index < -0.39 is 29.6 Å². The molecule has 0 spiro atoms. The second-order valence-electron chi connectivity index (χ2n) is 21.1. The van der Waals surface area contributed by atoms with Gasteiger partial charge in [-0.3, -0.25) is 33.6 Å². The SMILES string of the molecule is O=C(O)CCCCCCCCCCCNC(=O)C1CN(C(=O)c2ccc(C(=O)N3CC(C(=O)N[C@@H]4C[C@@H]4c4ccccc4)C(C(=O)N[C@@H]4C[C@@H]4c4ccccc4)C3)cc2)CC1C(=O)N[C@@H]1C[C@@H]1c1ccccc1. The second kappa shape index (κ2) is 23.8. The number of likely N-dealkylation sites (tertiary alicyclic amines) is 2. The van der Waals surface area contributed by atoms with E-state index in [0.29, 0.717) is 17.7 Å². The quantitative estimate of drug-likeness (QED) is 0.0456. The minimum absolute atomic E-state index is 0.0399. The minimum Gasteiger partial charge on any atom is -0.481 e. The lowest BCUT2D eigenvalue weighted by atomic mass is 9.94. The van der Waals surface area contributed by atoms with E-state index in [1.807, 2.05) is 54.6 Å². The van der Waals surface area contributed by atoms with Gasteiger partial charge < -0.3 is 36.2 Å². The number of carbonyl (C=O) groups is 7. The van der Waals surface area contributed by atoms with Crippen molar-refractivity contribution in [2.24, 2.45) is 23.7 Å². The Kier molecular flexibility index (Phi) is 16.7. The van der Waals surface area contributed by atoms with Crippen molar-refractivity contribution in [3.05, 3.63) is 143 Å². The Bertz CT molecular complexity index is 2500. The molecule has 2 saturated heterocycles. The van der Waals surface area contributed by atoms with Gasteiger partial charge in [0.2, 0.25) is 23.6 Å². The summed E-state index contributed by atoms with van der Waals surface area (Å²) in [5.74, 6) is -4.75. The minimum atomic E-state index is -0.745. The van der Waals surface area contributed by atoms with Gasteiger partial charge >= 0.3 is 5.97 Å². The molecule has 6 amide bonds. The Morgan fingerprint density at radius 1 is 0.411 bits per heavy atom. The number of nitrogens with one attached hydrogen (secondary N) is 4. The van der Waals surface area contributed by atoms with Gasteiger partial charge in [-0.1, -0.05) is 136 Å². The summed E-state index contributed by atoms with van der Waals surface area (Å²) >= 11 is 0. The predicted molar refractivity (Wildman–Crippen MR) is 276 cm³/mol. The molecule has 3 aliphatic carbocycles. The standard InChI is InChI=1S/C59H70N6O8/c66-53(67)25-17-6-4-2-1-3-5-7-18-30-60-54(68)46-34-64(35-47(46)55(69)61-50-31-43(50)38-19-11-8-12-20-38)58(72)41-26-28-42(29-27-41)59(73)65-36-48(56(70)62-51-32-44(51)39-21-13-9-14-22-39)49(37-65)57(71)63-52-33-45(52)40-23-15-10-16-24-40/h8-16,19-24,26-29,43-52H,1-7,17-18,25,30-37H2,(H,60,68)(H,61,69)(H,62,70)(H,63,71)(H,66,67)/t43-,44-,45-,46?,47?,48?,49?,50-,51-,52-/m1/s1. The Morgan fingerprint density at radius 3 is 1.07 bits per heavy atom. The Labute approximate surface area is 428 Å². The number of amides is 6. The van der Waals surface area contributed by atoms with E-state index in [2.05, 4.69) is 57.7 Å². The third kappa shape index (κ3) is 13.2. The maximum atomic E-state index is 14.2. The first-order valence-corrected chi connectivity index (χ1v) is 26.8. The van der Waals surface area contributed by atoms with Crippen molar-refractivity contribution in [2.75, 3.05) is 32.7 Å². The number of aliphatic carboxylic acids is 1. The van der Waals surface area contributed by atoms with E-state index in [9.17, 15) is 33.6 Å². The second-order valence-corrected chi connectivity index (χ2v) is 21.1. The first-order chi connectivity index (χ1) is 35.5. The van der Waals surface area contributed by atoms with Gasteiger partial charge in [0.1, 0.15) is 0 Å². The summed E-state index contributed by atoms with van der Waals surface area (Å²) in [6.07, 6.45) is 11.4. The van der Waals surface area contributed by atoms with Gasteiger partial charge in [0, 0.05) is 86.2 Å². The topological polar surface area (TPSA) is 194 Å². The van der Waals surface area contributed by atoms with E-state index >= 15 is 0 Å². The van der Waals surface area contributed by atoms with Gasteiger partial charge in [-0.05, 0) is 73.1 Å². The highest BCUT2D eigenvalue weighted by atomic mass is 16.4. The van der Waals surface area contributed by atoms with E-state index in [1.54, 1.807) is 34.1 Å². The van der Waals surface area contributed by atoms with Gasteiger partial charge in [-0.2, -0.15) is 0 Å². The molecular weight excluding hydrogens is 921 g/mol. The molecule has 384 valence electrons. The summed E-state index contributed by atoms with van der Waals surface area (Å²) in [7, 11) is 0. The number of hydrogen-bond acceptors (Lipinski definition) is 7. The van der Waals surface area contributed by atoms with Crippen LogP contribution in [-0.4, -0.2) is 107 Å². The van der Waals surface area contributed by atoms with Crippen molar-refractivity contribution < 1.29 is 38.7 Å². The van der Waals surface area contributed by atoms with Crippen molar-refractivity contribution in [1.29, 1.82) is 0 Å². The number of carboxylic acid groups (broad SMARTS) is 1. The number of carbonyl (C=O) groups excluding carboxylic acids is 6. The fourth-order valence-electron chi connectivity index (χ4n) is 11.2. The maximum Gasteiger partial charge on any atom is 0.303 e. The normalized spacial score (nSPS) is 25.6. The van der Waals surface area contributed by atoms with Crippen LogP contribution in [0, 0.1) is 23.7 Å². The van der Waals surface area contributed by atoms with Crippen LogP contribution in [-0.2, 0) is 24.0 Å². The summed E-state index contributed by atoms with van der Waals surface area (Å²) in [6, 6.07) is 36.3. The molecule has 3 saturated carbocycles. The van der Waals surface area contributed by atoms with Crippen LogP contribution in [0.25, 0.3) is 0 Å². The van der Waals surface area contributed by atoms with Crippen molar-refractivity contribution in [2.45, 2.75) is 119 Å². The lowest BCUT2D eigenvalue weighted by molar-refractivity contribution is -0.137. The Morgan fingerprint density at radius 2 is 0.726 bits per heavy atom. The number of benzene rings is 4. The molecule has 2 aliphatic heterocycles. The highest BCUT2D eigenvalue weighted by molar-refractivity contribution is 6.00.